The Kier molecular flexibility index (Phi) is 2.34. The average Bonchev–Trinajstić information content (AvgIpc) is 2.03. The van der Waals surface area contributed by atoms with E-state index in [1.54, 1.807) is 0 Å². The van der Waals surface area contributed by atoms with E-state index in [0.29, 0.717) is 0 Å². The van der Waals surface area contributed by atoms with Crippen LogP contribution in [0.4, 0.5) is 0 Å². The molecule has 0 aromatic heterocycles. The standard InChI is InChI=1S/C10H19NO2/c1-9(2)7-10(3-5-12-9)8-11-4-6-13-10/h11H,3-8H2,1-2H3/t10-/m1/s1. The van der Waals surface area contributed by atoms with Crippen LogP contribution in [0.2, 0.25) is 0 Å². The second-order valence-corrected chi connectivity index (χ2v) is 4.74. The third-order valence-corrected chi connectivity index (χ3v) is 2.93. The minimum absolute atomic E-state index is 0.0166. The molecule has 0 aliphatic carbocycles. The highest BCUT2D eigenvalue weighted by molar-refractivity contribution is 4.95. The van der Waals surface area contributed by atoms with Crippen molar-refractivity contribution in [3.8, 4) is 0 Å². The summed E-state index contributed by atoms with van der Waals surface area (Å²) in [6, 6.07) is 0. The third kappa shape index (κ3) is 2.03. The lowest BCUT2D eigenvalue weighted by atomic mass is 9.83. The molecule has 2 heterocycles. The van der Waals surface area contributed by atoms with E-state index in [9.17, 15) is 0 Å². The summed E-state index contributed by atoms with van der Waals surface area (Å²) in [5.41, 5.74) is 0.0390. The van der Waals surface area contributed by atoms with E-state index >= 15 is 0 Å². The number of hydrogen-bond acceptors (Lipinski definition) is 3. The number of ether oxygens (including phenoxy) is 2. The molecule has 76 valence electrons. The molecular weight excluding hydrogens is 166 g/mol. The Hall–Kier alpha value is -0.120. The maximum absolute atomic E-state index is 5.90. The molecule has 1 spiro atoms. The summed E-state index contributed by atoms with van der Waals surface area (Å²) in [5.74, 6) is 0. The molecule has 2 aliphatic rings. The topological polar surface area (TPSA) is 30.5 Å². The van der Waals surface area contributed by atoms with E-state index in [0.717, 1.165) is 39.1 Å². The van der Waals surface area contributed by atoms with Crippen LogP contribution in [0.25, 0.3) is 0 Å². The van der Waals surface area contributed by atoms with E-state index in [-0.39, 0.29) is 11.2 Å². The van der Waals surface area contributed by atoms with Crippen molar-refractivity contribution >= 4 is 0 Å². The number of rotatable bonds is 0. The van der Waals surface area contributed by atoms with Gasteiger partial charge in [0.05, 0.1) is 24.4 Å². The van der Waals surface area contributed by atoms with E-state index in [1.165, 1.54) is 0 Å². The molecule has 2 fully saturated rings. The molecule has 3 heteroatoms. The zero-order valence-corrected chi connectivity index (χ0v) is 8.56. The van der Waals surface area contributed by atoms with Crippen molar-refractivity contribution in [2.75, 3.05) is 26.3 Å². The van der Waals surface area contributed by atoms with Gasteiger partial charge in [-0.3, -0.25) is 0 Å². The van der Waals surface area contributed by atoms with Crippen LogP contribution in [-0.2, 0) is 9.47 Å². The normalized spacial score (nSPS) is 39.2. The summed E-state index contributed by atoms with van der Waals surface area (Å²) in [4.78, 5) is 0. The summed E-state index contributed by atoms with van der Waals surface area (Å²) in [6.07, 6.45) is 2.04. The van der Waals surface area contributed by atoms with Gasteiger partial charge in [0.15, 0.2) is 0 Å². The third-order valence-electron chi connectivity index (χ3n) is 2.93. The van der Waals surface area contributed by atoms with E-state index in [4.69, 9.17) is 9.47 Å². The Labute approximate surface area is 79.8 Å². The molecule has 0 radical (unpaired) electrons. The second-order valence-electron chi connectivity index (χ2n) is 4.74. The zero-order valence-electron chi connectivity index (χ0n) is 8.56. The van der Waals surface area contributed by atoms with Gasteiger partial charge in [-0.1, -0.05) is 0 Å². The predicted octanol–water partition coefficient (Wildman–Crippen LogP) is 0.934. The lowest BCUT2D eigenvalue weighted by Gasteiger charge is -2.46. The summed E-state index contributed by atoms with van der Waals surface area (Å²) in [7, 11) is 0. The first-order valence-electron chi connectivity index (χ1n) is 5.11. The van der Waals surface area contributed by atoms with Crippen molar-refractivity contribution in [1.82, 2.24) is 5.32 Å². The maximum Gasteiger partial charge on any atom is 0.0856 e. The molecule has 0 aromatic carbocycles. The first-order valence-corrected chi connectivity index (χ1v) is 5.11. The predicted molar refractivity (Wildman–Crippen MR) is 50.8 cm³/mol. The summed E-state index contributed by atoms with van der Waals surface area (Å²) < 4.78 is 11.6. The fraction of sp³-hybridized carbons (Fsp3) is 1.00. The molecule has 3 nitrogen and oxygen atoms in total. The molecule has 0 bridgehead atoms. The molecule has 2 rings (SSSR count). The molecule has 2 saturated heterocycles. The van der Waals surface area contributed by atoms with Gasteiger partial charge in [0.2, 0.25) is 0 Å². The largest absolute Gasteiger partial charge is 0.375 e. The summed E-state index contributed by atoms with van der Waals surface area (Å²) >= 11 is 0. The summed E-state index contributed by atoms with van der Waals surface area (Å²) in [6.45, 7) is 7.94. The van der Waals surface area contributed by atoms with Crippen LogP contribution in [0.1, 0.15) is 26.7 Å². The van der Waals surface area contributed by atoms with Crippen molar-refractivity contribution in [2.45, 2.75) is 37.9 Å². The molecule has 1 N–H and O–H groups in total. The molecular formula is C10H19NO2. The Bertz CT molecular complexity index is 180. The number of morpholine rings is 1. The molecule has 13 heavy (non-hydrogen) atoms. The van der Waals surface area contributed by atoms with Crippen LogP contribution in [0, 0.1) is 0 Å². The highest BCUT2D eigenvalue weighted by Gasteiger charge is 2.42. The van der Waals surface area contributed by atoms with Crippen LogP contribution >= 0.6 is 0 Å². The van der Waals surface area contributed by atoms with Gasteiger partial charge in [-0.15, -0.1) is 0 Å². The molecule has 0 saturated carbocycles. The Morgan fingerprint density at radius 3 is 2.62 bits per heavy atom. The zero-order chi connectivity index (χ0) is 9.36. The highest BCUT2D eigenvalue weighted by atomic mass is 16.5. The first-order chi connectivity index (χ1) is 6.12. The smallest absolute Gasteiger partial charge is 0.0856 e. The van der Waals surface area contributed by atoms with Crippen LogP contribution in [0.5, 0.6) is 0 Å². The van der Waals surface area contributed by atoms with Crippen molar-refractivity contribution in [3.05, 3.63) is 0 Å². The minimum atomic E-state index is -0.0166. The van der Waals surface area contributed by atoms with Crippen molar-refractivity contribution in [2.24, 2.45) is 0 Å². The highest BCUT2D eigenvalue weighted by Crippen LogP contribution is 2.35. The van der Waals surface area contributed by atoms with Crippen LogP contribution in [0.3, 0.4) is 0 Å². The molecule has 0 amide bonds. The fourth-order valence-corrected chi connectivity index (χ4v) is 2.41. The van der Waals surface area contributed by atoms with Crippen molar-refractivity contribution in [3.63, 3.8) is 0 Å². The van der Waals surface area contributed by atoms with E-state index in [1.807, 2.05) is 0 Å². The molecule has 0 unspecified atom stereocenters. The van der Waals surface area contributed by atoms with Crippen LogP contribution < -0.4 is 5.32 Å². The van der Waals surface area contributed by atoms with Gasteiger partial charge in [-0.25, -0.2) is 0 Å². The lowest BCUT2D eigenvalue weighted by molar-refractivity contribution is -0.177. The van der Waals surface area contributed by atoms with Gasteiger partial charge < -0.3 is 14.8 Å². The van der Waals surface area contributed by atoms with E-state index in [2.05, 4.69) is 19.2 Å². The molecule has 1 atom stereocenters. The minimum Gasteiger partial charge on any atom is -0.375 e. The number of hydrogen-bond donors (Lipinski definition) is 1. The number of nitrogens with one attached hydrogen (secondary N) is 1. The van der Waals surface area contributed by atoms with E-state index < -0.39 is 0 Å². The van der Waals surface area contributed by atoms with Crippen molar-refractivity contribution in [1.29, 1.82) is 0 Å². The average molecular weight is 185 g/mol. The van der Waals surface area contributed by atoms with Crippen LogP contribution in [0.15, 0.2) is 0 Å². The van der Waals surface area contributed by atoms with Gasteiger partial charge in [0.25, 0.3) is 0 Å². The monoisotopic (exact) mass is 185 g/mol. The lowest BCUT2D eigenvalue weighted by Crippen LogP contribution is -2.56. The first kappa shape index (κ1) is 9.44. The Morgan fingerprint density at radius 2 is 2.00 bits per heavy atom. The van der Waals surface area contributed by atoms with Gasteiger partial charge in [-0.2, -0.15) is 0 Å². The Balaban J connectivity index is 2.04. The maximum atomic E-state index is 5.90. The quantitative estimate of drug-likeness (QED) is 0.609. The van der Waals surface area contributed by atoms with Gasteiger partial charge in [0, 0.05) is 25.9 Å². The molecule has 0 aromatic rings. The SMILES string of the molecule is CC1(C)C[C@]2(CCO1)CNCCO2. The fourth-order valence-electron chi connectivity index (χ4n) is 2.41. The Morgan fingerprint density at radius 1 is 1.15 bits per heavy atom. The summed E-state index contributed by atoms with van der Waals surface area (Å²) in [5, 5.41) is 3.40. The van der Waals surface area contributed by atoms with Gasteiger partial charge >= 0.3 is 0 Å². The van der Waals surface area contributed by atoms with Gasteiger partial charge in [-0.05, 0) is 13.8 Å². The second kappa shape index (κ2) is 3.23. The van der Waals surface area contributed by atoms with Crippen molar-refractivity contribution < 1.29 is 9.47 Å². The molecule has 2 aliphatic heterocycles. The van der Waals surface area contributed by atoms with Gasteiger partial charge in [0.1, 0.15) is 0 Å². The van der Waals surface area contributed by atoms with Crippen LogP contribution in [-0.4, -0.2) is 37.5 Å².